The zero-order valence-corrected chi connectivity index (χ0v) is 16.2. The summed E-state index contributed by atoms with van der Waals surface area (Å²) in [5.74, 6) is 0.679. The van der Waals surface area contributed by atoms with Gasteiger partial charge in [-0.25, -0.2) is 0 Å². The summed E-state index contributed by atoms with van der Waals surface area (Å²) in [6.45, 7) is 8.33. The lowest BCUT2D eigenvalue weighted by molar-refractivity contribution is -0.141. The molecule has 0 heterocycles. The van der Waals surface area contributed by atoms with Crippen LogP contribution in [0.2, 0.25) is 0 Å². The summed E-state index contributed by atoms with van der Waals surface area (Å²) in [4.78, 5) is 27.1. The summed E-state index contributed by atoms with van der Waals surface area (Å²) in [5, 5.41) is 3.01. The van der Waals surface area contributed by atoms with Crippen LogP contribution in [0.3, 0.4) is 0 Å². The van der Waals surface area contributed by atoms with E-state index >= 15 is 0 Å². The molecule has 2 amide bonds. The van der Waals surface area contributed by atoms with E-state index in [-0.39, 0.29) is 17.9 Å². The van der Waals surface area contributed by atoms with Crippen molar-refractivity contribution in [2.75, 3.05) is 7.11 Å². The number of ether oxygens (including phenoxy) is 1. The number of nitrogens with one attached hydrogen (secondary N) is 1. The predicted molar refractivity (Wildman–Crippen MR) is 100 cm³/mol. The van der Waals surface area contributed by atoms with Crippen LogP contribution in [0, 0.1) is 0 Å². The quantitative estimate of drug-likeness (QED) is 0.704. The molecule has 0 unspecified atom stereocenters. The van der Waals surface area contributed by atoms with Gasteiger partial charge in [0.2, 0.25) is 11.8 Å². The lowest BCUT2D eigenvalue weighted by Crippen LogP contribution is -2.50. The fraction of sp³-hybridized carbons (Fsp3) is 0.600. The molecule has 25 heavy (non-hydrogen) atoms. The number of hydrogen-bond acceptors (Lipinski definition) is 3. The molecule has 0 aliphatic rings. The van der Waals surface area contributed by atoms with Crippen molar-refractivity contribution in [1.82, 2.24) is 10.2 Å². The monoisotopic (exact) mass is 348 g/mol. The summed E-state index contributed by atoms with van der Waals surface area (Å²) < 4.78 is 5.26. The Morgan fingerprint density at radius 3 is 2.48 bits per heavy atom. The average molecular weight is 348 g/mol. The zero-order valence-electron chi connectivity index (χ0n) is 16.2. The highest BCUT2D eigenvalue weighted by atomic mass is 16.5. The summed E-state index contributed by atoms with van der Waals surface area (Å²) in [7, 11) is 1.62. The molecule has 5 nitrogen and oxygen atoms in total. The van der Waals surface area contributed by atoms with Gasteiger partial charge < -0.3 is 15.0 Å². The Bertz CT molecular complexity index is 560. The number of hydrogen-bond donors (Lipinski definition) is 1. The van der Waals surface area contributed by atoms with E-state index in [0.29, 0.717) is 19.4 Å². The number of amides is 2. The molecule has 0 bridgehead atoms. The van der Waals surface area contributed by atoms with Crippen molar-refractivity contribution in [1.29, 1.82) is 0 Å². The number of carbonyl (C=O) groups is 2. The zero-order chi connectivity index (χ0) is 18.8. The standard InChI is InChI=1S/C20H32N2O3/c1-6-10-19(23)22(14-16-11-9-12-17(13-16)25-5)18(8-3)20(24)21-15(4)7-2/h9,11-13,15,18H,6-8,10,14H2,1-5H3,(H,21,24)/t15-,18-/m0/s1. The molecule has 0 saturated carbocycles. The van der Waals surface area contributed by atoms with Crippen LogP contribution in [0.15, 0.2) is 24.3 Å². The van der Waals surface area contributed by atoms with Gasteiger partial charge in [0.1, 0.15) is 11.8 Å². The van der Waals surface area contributed by atoms with Crippen molar-refractivity contribution in [3.63, 3.8) is 0 Å². The Labute approximate surface area is 151 Å². The maximum atomic E-state index is 12.7. The lowest BCUT2D eigenvalue weighted by Gasteiger charge is -2.31. The van der Waals surface area contributed by atoms with Crippen LogP contribution in [0.1, 0.15) is 58.9 Å². The van der Waals surface area contributed by atoms with E-state index in [2.05, 4.69) is 5.32 Å². The first-order chi connectivity index (χ1) is 12.0. The van der Waals surface area contributed by atoms with Crippen molar-refractivity contribution in [2.45, 2.75) is 72.0 Å². The SMILES string of the molecule is CCCC(=O)N(Cc1cccc(OC)c1)[C@@H](CC)C(=O)N[C@@H](C)CC. The molecule has 1 rings (SSSR count). The van der Waals surface area contributed by atoms with Gasteiger partial charge in [-0.1, -0.05) is 32.9 Å². The molecule has 0 aliphatic heterocycles. The molecule has 2 atom stereocenters. The molecule has 5 heteroatoms. The Morgan fingerprint density at radius 2 is 1.92 bits per heavy atom. The van der Waals surface area contributed by atoms with Gasteiger partial charge in [0.25, 0.3) is 0 Å². The van der Waals surface area contributed by atoms with Gasteiger partial charge in [-0.15, -0.1) is 0 Å². The summed E-state index contributed by atoms with van der Waals surface area (Å²) >= 11 is 0. The van der Waals surface area contributed by atoms with Crippen molar-refractivity contribution < 1.29 is 14.3 Å². The minimum Gasteiger partial charge on any atom is -0.497 e. The van der Waals surface area contributed by atoms with E-state index in [0.717, 1.165) is 24.2 Å². The highest BCUT2D eigenvalue weighted by Gasteiger charge is 2.28. The Balaban J connectivity index is 3.03. The molecule has 0 aliphatic carbocycles. The van der Waals surface area contributed by atoms with E-state index in [1.165, 1.54) is 0 Å². The summed E-state index contributed by atoms with van der Waals surface area (Å²) in [6, 6.07) is 7.27. The molecular formula is C20H32N2O3. The van der Waals surface area contributed by atoms with Crippen LogP contribution in [0.25, 0.3) is 0 Å². The van der Waals surface area contributed by atoms with Crippen LogP contribution in [-0.2, 0) is 16.1 Å². The molecule has 0 spiro atoms. The van der Waals surface area contributed by atoms with E-state index in [1.807, 2.05) is 52.0 Å². The molecule has 0 radical (unpaired) electrons. The summed E-state index contributed by atoms with van der Waals surface area (Å²) in [5.41, 5.74) is 0.957. The van der Waals surface area contributed by atoms with E-state index in [1.54, 1.807) is 12.0 Å². The first-order valence-corrected chi connectivity index (χ1v) is 9.19. The van der Waals surface area contributed by atoms with Crippen LogP contribution < -0.4 is 10.1 Å². The van der Waals surface area contributed by atoms with Crippen LogP contribution in [0.5, 0.6) is 5.75 Å². The predicted octanol–water partition coefficient (Wildman–Crippen LogP) is 3.52. The number of methoxy groups -OCH3 is 1. The minimum absolute atomic E-state index is 0.0106. The van der Waals surface area contributed by atoms with Gasteiger partial charge in [-0.2, -0.15) is 0 Å². The molecule has 1 N–H and O–H groups in total. The van der Waals surface area contributed by atoms with E-state index in [9.17, 15) is 9.59 Å². The number of benzene rings is 1. The Kier molecular flexibility index (Phi) is 9.03. The lowest BCUT2D eigenvalue weighted by atomic mass is 10.1. The molecule has 0 saturated heterocycles. The number of carbonyl (C=O) groups excluding carboxylic acids is 2. The molecule has 140 valence electrons. The van der Waals surface area contributed by atoms with Crippen molar-refractivity contribution in [2.24, 2.45) is 0 Å². The smallest absolute Gasteiger partial charge is 0.243 e. The van der Waals surface area contributed by atoms with Gasteiger partial charge in [-0.05, 0) is 43.9 Å². The molecule has 0 fully saturated rings. The first-order valence-electron chi connectivity index (χ1n) is 9.19. The number of rotatable bonds is 10. The van der Waals surface area contributed by atoms with Crippen molar-refractivity contribution in [3.8, 4) is 5.75 Å². The normalized spacial score (nSPS) is 13.0. The van der Waals surface area contributed by atoms with E-state index < -0.39 is 6.04 Å². The van der Waals surface area contributed by atoms with Crippen molar-refractivity contribution in [3.05, 3.63) is 29.8 Å². The third-order valence-corrected chi connectivity index (χ3v) is 4.34. The van der Waals surface area contributed by atoms with E-state index in [4.69, 9.17) is 4.74 Å². The van der Waals surface area contributed by atoms with Gasteiger partial charge in [0.05, 0.1) is 7.11 Å². The average Bonchev–Trinajstić information content (AvgIpc) is 2.61. The molecular weight excluding hydrogens is 316 g/mol. The number of nitrogens with zero attached hydrogens (tertiary/aromatic N) is 1. The van der Waals surface area contributed by atoms with Crippen LogP contribution >= 0.6 is 0 Å². The first kappa shape index (κ1) is 21.0. The fourth-order valence-electron chi connectivity index (χ4n) is 2.69. The second-order valence-electron chi connectivity index (χ2n) is 6.37. The van der Waals surface area contributed by atoms with Gasteiger partial charge in [0, 0.05) is 19.0 Å². The maximum Gasteiger partial charge on any atom is 0.243 e. The van der Waals surface area contributed by atoms with Gasteiger partial charge in [0.15, 0.2) is 0 Å². The molecule has 0 aromatic heterocycles. The summed E-state index contributed by atoms with van der Waals surface area (Å²) in [6.07, 6.45) is 2.65. The molecule has 1 aromatic carbocycles. The molecule has 1 aromatic rings. The van der Waals surface area contributed by atoms with Crippen molar-refractivity contribution >= 4 is 11.8 Å². The van der Waals surface area contributed by atoms with Gasteiger partial charge in [-0.3, -0.25) is 9.59 Å². The van der Waals surface area contributed by atoms with Crippen LogP contribution in [0.4, 0.5) is 0 Å². The third-order valence-electron chi connectivity index (χ3n) is 4.34. The van der Waals surface area contributed by atoms with Crippen LogP contribution in [-0.4, -0.2) is 35.9 Å². The minimum atomic E-state index is -0.459. The highest BCUT2D eigenvalue weighted by Crippen LogP contribution is 2.18. The Hall–Kier alpha value is -2.04. The highest BCUT2D eigenvalue weighted by molar-refractivity contribution is 5.87. The maximum absolute atomic E-state index is 12.7. The van der Waals surface area contributed by atoms with Gasteiger partial charge >= 0.3 is 0 Å². The second kappa shape index (κ2) is 10.7. The largest absolute Gasteiger partial charge is 0.497 e. The topological polar surface area (TPSA) is 58.6 Å². The fourth-order valence-corrected chi connectivity index (χ4v) is 2.69. The third kappa shape index (κ3) is 6.40. The Morgan fingerprint density at radius 1 is 1.20 bits per heavy atom. The second-order valence-corrected chi connectivity index (χ2v) is 6.37.